The van der Waals surface area contributed by atoms with Gasteiger partial charge >= 0.3 is 11.9 Å². The highest BCUT2D eigenvalue weighted by Gasteiger charge is 2.26. The molecule has 0 aromatic heterocycles. The Morgan fingerprint density at radius 1 is 1.06 bits per heavy atom. The van der Waals surface area contributed by atoms with E-state index >= 15 is 0 Å². The van der Waals surface area contributed by atoms with Crippen LogP contribution in [0, 0.1) is 0 Å². The van der Waals surface area contributed by atoms with E-state index in [4.69, 9.17) is 10.2 Å². The number of hydrogen-bond donors (Lipinski definition) is 4. The monoisotopic (exact) mass is 260 g/mol. The van der Waals surface area contributed by atoms with Crippen molar-refractivity contribution in [3.63, 3.8) is 0 Å². The normalized spacial score (nSPS) is 13.2. The number of rotatable bonds is 7. The molecule has 4 N–H and O–H groups in total. The van der Waals surface area contributed by atoms with Crippen LogP contribution in [-0.2, 0) is 19.2 Å². The summed E-state index contributed by atoms with van der Waals surface area (Å²) in [5.74, 6) is -3.89. The van der Waals surface area contributed by atoms with E-state index in [1.54, 1.807) is 6.92 Å². The van der Waals surface area contributed by atoms with Crippen LogP contribution in [0.25, 0.3) is 0 Å². The first-order valence-electron chi connectivity index (χ1n) is 5.30. The van der Waals surface area contributed by atoms with Crippen LogP contribution in [0.4, 0.5) is 0 Å². The molecule has 8 heteroatoms. The van der Waals surface area contributed by atoms with E-state index in [2.05, 4.69) is 10.6 Å². The largest absolute Gasteiger partial charge is 0.481 e. The van der Waals surface area contributed by atoms with E-state index in [0.29, 0.717) is 0 Å². The van der Waals surface area contributed by atoms with Gasteiger partial charge < -0.3 is 20.8 Å². The summed E-state index contributed by atoms with van der Waals surface area (Å²) in [6.07, 6.45) is -0.456. The minimum Gasteiger partial charge on any atom is -0.481 e. The summed E-state index contributed by atoms with van der Waals surface area (Å²) in [5.41, 5.74) is 0. The molecule has 0 aliphatic heterocycles. The van der Waals surface area contributed by atoms with Crippen molar-refractivity contribution in [3.05, 3.63) is 0 Å². The molecule has 0 saturated heterocycles. The van der Waals surface area contributed by atoms with Crippen molar-refractivity contribution in [3.8, 4) is 0 Å². The summed E-state index contributed by atoms with van der Waals surface area (Å²) in [6.45, 7) is 2.69. The van der Waals surface area contributed by atoms with Gasteiger partial charge in [0.05, 0.1) is 6.42 Å². The van der Waals surface area contributed by atoms with Crippen LogP contribution in [0.2, 0.25) is 0 Å². The molecule has 0 saturated carbocycles. The van der Waals surface area contributed by atoms with Gasteiger partial charge in [-0.2, -0.15) is 0 Å². The Balaban J connectivity index is 4.68. The number of amides is 2. The van der Waals surface area contributed by atoms with Gasteiger partial charge in [0, 0.05) is 6.92 Å². The predicted octanol–water partition coefficient (Wildman–Crippen LogP) is -1.05. The molecule has 0 radical (unpaired) electrons. The second-order valence-corrected chi connectivity index (χ2v) is 3.66. The summed E-state index contributed by atoms with van der Waals surface area (Å²) < 4.78 is 0. The molecule has 0 aromatic rings. The molecule has 0 aromatic carbocycles. The topological polar surface area (TPSA) is 133 Å². The fraction of sp³-hybridized carbons (Fsp3) is 0.600. The van der Waals surface area contributed by atoms with Gasteiger partial charge in [0.2, 0.25) is 11.8 Å². The van der Waals surface area contributed by atoms with Crippen LogP contribution in [-0.4, -0.2) is 46.0 Å². The number of carboxylic acids is 2. The van der Waals surface area contributed by atoms with Gasteiger partial charge in [-0.05, 0) is 6.42 Å². The average Bonchev–Trinajstić information content (AvgIpc) is 2.22. The van der Waals surface area contributed by atoms with Crippen LogP contribution in [0.1, 0.15) is 26.7 Å². The SMILES string of the molecule is CC[C@H](NC(=O)[C@H](CC(=O)O)NC(C)=O)C(=O)O. The van der Waals surface area contributed by atoms with Gasteiger partial charge in [-0.3, -0.25) is 14.4 Å². The Kier molecular flexibility index (Phi) is 6.40. The van der Waals surface area contributed by atoms with Crippen molar-refractivity contribution in [2.24, 2.45) is 0 Å². The number of carbonyl (C=O) groups is 4. The maximum atomic E-state index is 11.6. The number of aliphatic carboxylic acids is 2. The number of carbonyl (C=O) groups excluding carboxylic acids is 2. The van der Waals surface area contributed by atoms with E-state index in [-0.39, 0.29) is 6.42 Å². The zero-order valence-corrected chi connectivity index (χ0v) is 10.1. The smallest absolute Gasteiger partial charge is 0.326 e. The molecule has 18 heavy (non-hydrogen) atoms. The molecular formula is C10H16N2O6. The van der Waals surface area contributed by atoms with Gasteiger partial charge in [0.15, 0.2) is 0 Å². The van der Waals surface area contributed by atoms with Crippen molar-refractivity contribution in [2.75, 3.05) is 0 Å². The molecule has 0 aliphatic rings. The van der Waals surface area contributed by atoms with Crippen LogP contribution in [0.15, 0.2) is 0 Å². The molecule has 8 nitrogen and oxygen atoms in total. The molecule has 2 amide bonds. The van der Waals surface area contributed by atoms with E-state index in [9.17, 15) is 19.2 Å². The molecule has 102 valence electrons. The Morgan fingerprint density at radius 3 is 1.94 bits per heavy atom. The first-order valence-corrected chi connectivity index (χ1v) is 5.30. The van der Waals surface area contributed by atoms with Crippen LogP contribution in [0.5, 0.6) is 0 Å². The van der Waals surface area contributed by atoms with Crippen molar-refractivity contribution >= 4 is 23.8 Å². The predicted molar refractivity (Wildman–Crippen MR) is 59.7 cm³/mol. The first kappa shape index (κ1) is 15.9. The van der Waals surface area contributed by atoms with E-state index in [0.717, 1.165) is 6.92 Å². The molecule has 0 fully saturated rings. The van der Waals surface area contributed by atoms with Crippen LogP contribution >= 0.6 is 0 Å². The zero-order chi connectivity index (χ0) is 14.3. The maximum absolute atomic E-state index is 11.6. The first-order chi connectivity index (χ1) is 8.27. The Morgan fingerprint density at radius 2 is 1.61 bits per heavy atom. The average molecular weight is 260 g/mol. The maximum Gasteiger partial charge on any atom is 0.326 e. The van der Waals surface area contributed by atoms with Gasteiger partial charge in [-0.15, -0.1) is 0 Å². The number of nitrogens with one attached hydrogen (secondary N) is 2. The van der Waals surface area contributed by atoms with Crippen molar-refractivity contribution < 1.29 is 29.4 Å². The third kappa shape index (κ3) is 5.83. The molecule has 2 atom stereocenters. The fourth-order valence-electron chi connectivity index (χ4n) is 1.24. The zero-order valence-electron chi connectivity index (χ0n) is 10.1. The van der Waals surface area contributed by atoms with Gasteiger partial charge in [-0.1, -0.05) is 6.92 Å². The quantitative estimate of drug-likeness (QED) is 0.461. The summed E-state index contributed by atoms with van der Waals surface area (Å²) in [4.78, 5) is 43.7. The van der Waals surface area contributed by atoms with Crippen LogP contribution in [0.3, 0.4) is 0 Å². The standard InChI is InChI=1S/C10H16N2O6/c1-3-6(10(17)18)12-9(16)7(4-8(14)15)11-5(2)13/h6-7H,3-4H2,1-2H3,(H,11,13)(H,12,16)(H,14,15)(H,17,18)/t6-,7-/m0/s1. The highest BCUT2D eigenvalue weighted by Crippen LogP contribution is 1.97. The molecule has 0 bridgehead atoms. The third-order valence-electron chi connectivity index (χ3n) is 2.10. The van der Waals surface area contributed by atoms with Crippen LogP contribution < -0.4 is 10.6 Å². The van der Waals surface area contributed by atoms with E-state index in [1.165, 1.54) is 0 Å². The lowest BCUT2D eigenvalue weighted by molar-refractivity contribution is -0.143. The Bertz CT molecular complexity index is 338. The third-order valence-corrected chi connectivity index (χ3v) is 2.10. The van der Waals surface area contributed by atoms with E-state index < -0.39 is 42.3 Å². The van der Waals surface area contributed by atoms with Gasteiger partial charge in [0.25, 0.3) is 0 Å². The summed E-state index contributed by atoms with van der Waals surface area (Å²) in [6, 6.07) is -2.39. The molecule has 0 heterocycles. The molecule has 0 unspecified atom stereocenters. The van der Waals surface area contributed by atoms with Crippen molar-refractivity contribution in [1.82, 2.24) is 10.6 Å². The Labute approximate surface area is 103 Å². The number of carboxylic acid groups (broad SMARTS) is 2. The van der Waals surface area contributed by atoms with Gasteiger partial charge in [0.1, 0.15) is 12.1 Å². The molecule has 0 spiro atoms. The highest BCUT2D eigenvalue weighted by molar-refractivity contribution is 5.92. The van der Waals surface area contributed by atoms with E-state index in [1.807, 2.05) is 0 Å². The highest BCUT2D eigenvalue weighted by atomic mass is 16.4. The second-order valence-electron chi connectivity index (χ2n) is 3.66. The second kappa shape index (κ2) is 7.25. The Hall–Kier alpha value is -2.12. The minimum absolute atomic E-state index is 0.154. The van der Waals surface area contributed by atoms with Gasteiger partial charge in [-0.25, -0.2) is 4.79 Å². The van der Waals surface area contributed by atoms with Crippen molar-refractivity contribution in [1.29, 1.82) is 0 Å². The fourth-order valence-corrected chi connectivity index (χ4v) is 1.24. The summed E-state index contributed by atoms with van der Waals surface area (Å²) >= 11 is 0. The minimum atomic E-state index is -1.28. The number of hydrogen-bond acceptors (Lipinski definition) is 4. The summed E-state index contributed by atoms with van der Waals surface area (Å²) in [7, 11) is 0. The lowest BCUT2D eigenvalue weighted by Crippen LogP contribution is -2.51. The lowest BCUT2D eigenvalue weighted by Gasteiger charge is -2.18. The lowest BCUT2D eigenvalue weighted by atomic mass is 10.1. The molecule has 0 aliphatic carbocycles. The van der Waals surface area contributed by atoms with Crippen molar-refractivity contribution in [2.45, 2.75) is 38.8 Å². The molecule has 0 rings (SSSR count). The summed E-state index contributed by atoms with van der Waals surface area (Å²) in [5, 5.41) is 21.7. The molecular weight excluding hydrogens is 244 g/mol.